The molecule has 6 nitrogen and oxygen atoms in total. The first-order valence-corrected chi connectivity index (χ1v) is 11.4. The van der Waals surface area contributed by atoms with Crippen LogP contribution in [0, 0.1) is 15.3 Å². The van der Waals surface area contributed by atoms with E-state index in [2.05, 4.69) is 10.6 Å². The Morgan fingerprint density at radius 2 is 1.90 bits per heavy atom. The number of amides is 2. The van der Waals surface area contributed by atoms with Crippen LogP contribution in [0.4, 0.5) is 4.39 Å². The van der Waals surface area contributed by atoms with E-state index in [1.54, 1.807) is 18.1 Å². The van der Waals surface area contributed by atoms with Gasteiger partial charge in [0.2, 0.25) is 5.91 Å². The third-order valence-corrected chi connectivity index (χ3v) is 6.47. The molecule has 2 rings (SSSR count). The molecule has 0 spiro atoms. The topological polar surface area (TPSA) is 70.7 Å². The van der Waals surface area contributed by atoms with Crippen molar-refractivity contribution in [3.05, 3.63) is 33.1 Å². The molecule has 2 amide bonds. The number of hydrogen-bond acceptors (Lipinski definition) is 4. The van der Waals surface area contributed by atoms with Gasteiger partial charge in [-0.05, 0) is 86.2 Å². The third-order valence-electron chi connectivity index (χ3n) is 5.84. The minimum absolute atomic E-state index is 0.0520. The molecular formula is C22H33FIN3O3. The minimum Gasteiger partial charge on any atom is -0.382 e. The van der Waals surface area contributed by atoms with Crippen molar-refractivity contribution in [1.29, 1.82) is 0 Å². The molecule has 8 heteroatoms. The number of nitrogens with one attached hydrogen (secondary N) is 2. The first-order valence-electron chi connectivity index (χ1n) is 10.4. The number of nitrogens with zero attached hydrogens (tertiary/aromatic N) is 1. The van der Waals surface area contributed by atoms with Gasteiger partial charge in [0.05, 0.1) is 18.7 Å². The van der Waals surface area contributed by atoms with Crippen molar-refractivity contribution < 1.29 is 18.7 Å². The molecule has 0 heterocycles. The number of halogens is 2. The van der Waals surface area contributed by atoms with Crippen molar-refractivity contribution in [2.24, 2.45) is 5.92 Å². The second-order valence-electron chi connectivity index (χ2n) is 8.66. The Labute approximate surface area is 192 Å². The fourth-order valence-corrected chi connectivity index (χ4v) is 4.37. The Balaban J connectivity index is 1.71. The molecule has 1 aliphatic carbocycles. The number of hydrogen-bond donors (Lipinski definition) is 2. The van der Waals surface area contributed by atoms with E-state index in [-0.39, 0.29) is 17.4 Å². The largest absolute Gasteiger partial charge is 0.382 e. The lowest BCUT2D eigenvalue weighted by Gasteiger charge is -2.36. The molecule has 0 bridgehead atoms. The maximum Gasteiger partial charge on any atom is 0.251 e. The van der Waals surface area contributed by atoms with Gasteiger partial charge in [0.15, 0.2) is 0 Å². The molecule has 0 aromatic heterocycles. The Morgan fingerprint density at radius 3 is 2.50 bits per heavy atom. The lowest BCUT2D eigenvalue weighted by molar-refractivity contribution is -0.135. The van der Waals surface area contributed by atoms with Gasteiger partial charge in [-0.2, -0.15) is 0 Å². The molecule has 168 valence electrons. The first kappa shape index (κ1) is 25.0. The molecule has 1 saturated carbocycles. The van der Waals surface area contributed by atoms with E-state index >= 15 is 0 Å². The fraction of sp³-hybridized carbons (Fsp3) is 0.636. The van der Waals surface area contributed by atoms with E-state index in [0.717, 1.165) is 25.7 Å². The molecular weight excluding hydrogens is 500 g/mol. The molecule has 1 fully saturated rings. The van der Waals surface area contributed by atoms with E-state index in [1.807, 2.05) is 43.5 Å². The van der Waals surface area contributed by atoms with Gasteiger partial charge >= 0.3 is 0 Å². The number of ether oxygens (including phenoxy) is 1. The van der Waals surface area contributed by atoms with Crippen molar-refractivity contribution in [2.75, 3.05) is 33.9 Å². The zero-order valence-corrected chi connectivity index (χ0v) is 20.4. The molecule has 2 N–H and O–H groups in total. The zero-order valence-electron chi connectivity index (χ0n) is 18.3. The lowest BCUT2D eigenvalue weighted by Crippen LogP contribution is -2.51. The van der Waals surface area contributed by atoms with Gasteiger partial charge in [0, 0.05) is 35.9 Å². The molecule has 1 aromatic carbocycles. The van der Waals surface area contributed by atoms with E-state index in [4.69, 9.17) is 4.74 Å². The minimum atomic E-state index is -0.399. The molecule has 1 aromatic rings. The summed E-state index contributed by atoms with van der Waals surface area (Å²) >= 11 is 2.00. The average molecular weight is 533 g/mol. The summed E-state index contributed by atoms with van der Waals surface area (Å²) in [6, 6.07) is 4.65. The molecule has 1 aliphatic rings. The lowest BCUT2D eigenvalue weighted by atomic mass is 9.86. The van der Waals surface area contributed by atoms with Gasteiger partial charge in [0.25, 0.3) is 5.91 Å². The highest BCUT2D eigenvalue weighted by atomic mass is 127. The van der Waals surface area contributed by atoms with Gasteiger partial charge < -0.3 is 20.3 Å². The number of likely N-dealkylation sites (N-methyl/N-ethyl adjacent to an activating group) is 1. The van der Waals surface area contributed by atoms with Crippen LogP contribution in [0.15, 0.2) is 18.2 Å². The first-order chi connectivity index (χ1) is 14.1. The van der Waals surface area contributed by atoms with Crippen LogP contribution in [-0.4, -0.2) is 62.1 Å². The Hall–Kier alpha value is -1.26. The number of methoxy groups -OCH3 is 1. The Morgan fingerprint density at radius 1 is 1.23 bits per heavy atom. The van der Waals surface area contributed by atoms with Gasteiger partial charge in [-0.15, -0.1) is 0 Å². The molecule has 0 saturated heterocycles. The van der Waals surface area contributed by atoms with Gasteiger partial charge in [0.1, 0.15) is 5.82 Å². The Bertz CT molecular complexity index is 716. The van der Waals surface area contributed by atoms with E-state index in [0.29, 0.717) is 40.8 Å². The summed E-state index contributed by atoms with van der Waals surface area (Å²) in [7, 11) is 3.44. The van der Waals surface area contributed by atoms with Crippen molar-refractivity contribution in [3.8, 4) is 0 Å². The summed E-state index contributed by atoms with van der Waals surface area (Å²) in [5.74, 6) is -0.181. The van der Waals surface area contributed by atoms with E-state index in [1.165, 1.54) is 12.1 Å². The van der Waals surface area contributed by atoms with Gasteiger partial charge in [-0.25, -0.2) is 4.39 Å². The summed E-state index contributed by atoms with van der Waals surface area (Å²) in [5, 5.41) is 6.31. The maximum atomic E-state index is 13.5. The second-order valence-corrected chi connectivity index (χ2v) is 9.91. The molecule has 30 heavy (non-hydrogen) atoms. The van der Waals surface area contributed by atoms with Crippen molar-refractivity contribution >= 4 is 34.4 Å². The maximum absolute atomic E-state index is 13.5. The molecule has 0 radical (unpaired) electrons. The SMILES string of the molecule is COCC(C)(C)N(C)C(=O)CNC1CCC(CNC(=O)c2cc(F)cc(I)c2)CC1. The number of carbonyl (C=O) groups excluding carboxylic acids is 2. The van der Waals surface area contributed by atoms with Gasteiger partial charge in [-0.3, -0.25) is 9.59 Å². The van der Waals surface area contributed by atoms with Gasteiger partial charge in [-0.1, -0.05) is 0 Å². The highest BCUT2D eigenvalue weighted by Gasteiger charge is 2.28. The van der Waals surface area contributed by atoms with Crippen LogP contribution < -0.4 is 10.6 Å². The summed E-state index contributed by atoms with van der Waals surface area (Å²) in [4.78, 5) is 26.5. The highest BCUT2D eigenvalue weighted by Crippen LogP contribution is 2.24. The zero-order chi connectivity index (χ0) is 22.3. The monoisotopic (exact) mass is 533 g/mol. The summed E-state index contributed by atoms with van der Waals surface area (Å²) < 4.78 is 19.4. The average Bonchev–Trinajstić information content (AvgIpc) is 2.69. The second kappa shape index (κ2) is 11.4. The van der Waals surface area contributed by atoms with Crippen LogP contribution in [0.5, 0.6) is 0 Å². The number of benzene rings is 1. The van der Waals surface area contributed by atoms with E-state index in [9.17, 15) is 14.0 Å². The van der Waals surface area contributed by atoms with Crippen LogP contribution in [-0.2, 0) is 9.53 Å². The standard InChI is InChI=1S/C22H33FIN3O3/c1-22(2,14-30-4)27(3)20(28)13-25-19-7-5-15(6-8-19)12-26-21(29)16-9-17(23)11-18(24)10-16/h9-11,15,19,25H,5-8,12-14H2,1-4H3,(H,26,29). The summed E-state index contributed by atoms with van der Waals surface area (Å²) in [5.41, 5.74) is 0.0112. The predicted octanol–water partition coefficient (Wildman–Crippen LogP) is 3.19. The Kier molecular flexibility index (Phi) is 9.49. The van der Waals surface area contributed by atoms with Crippen LogP contribution in [0.25, 0.3) is 0 Å². The smallest absolute Gasteiger partial charge is 0.251 e. The molecule has 0 aliphatic heterocycles. The number of rotatable bonds is 9. The van der Waals surface area contributed by atoms with Crippen molar-refractivity contribution in [3.63, 3.8) is 0 Å². The molecule has 0 atom stereocenters. The van der Waals surface area contributed by atoms with Crippen molar-refractivity contribution in [2.45, 2.75) is 51.1 Å². The normalized spacial score (nSPS) is 19.4. The van der Waals surface area contributed by atoms with Crippen molar-refractivity contribution in [1.82, 2.24) is 15.5 Å². The summed E-state index contributed by atoms with van der Waals surface area (Å²) in [6.07, 6.45) is 3.91. The van der Waals surface area contributed by atoms with Crippen LogP contribution in [0.1, 0.15) is 49.9 Å². The third kappa shape index (κ3) is 7.46. The van der Waals surface area contributed by atoms with Crippen LogP contribution in [0.2, 0.25) is 0 Å². The summed E-state index contributed by atoms with van der Waals surface area (Å²) in [6.45, 7) is 5.36. The van der Waals surface area contributed by atoms with Crippen LogP contribution in [0.3, 0.4) is 0 Å². The quantitative estimate of drug-likeness (QED) is 0.479. The highest BCUT2D eigenvalue weighted by molar-refractivity contribution is 14.1. The fourth-order valence-electron chi connectivity index (χ4n) is 3.73. The van der Waals surface area contributed by atoms with Crippen LogP contribution >= 0.6 is 22.6 Å². The number of carbonyl (C=O) groups is 2. The van der Waals surface area contributed by atoms with E-state index < -0.39 is 5.82 Å². The predicted molar refractivity (Wildman–Crippen MR) is 124 cm³/mol. The molecule has 0 unspecified atom stereocenters.